The summed E-state index contributed by atoms with van der Waals surface area (Å²) in [4.78, 5) is 0. The summed E-state index contributed by atoms with van der Waals surface area (Å²) in [5.74, 6) is 0.974. The molecule has 21 heavy (non-hydrogen) atoms. The predicted molar refractivity (Wildman–Crippen MR) is 80.3 cm³/mol. The molecule has 0 spiro atoms. The van der Waals surface area contributed by atoms with Gasteiger partial charge in [0.25, 0.3) is 0 Å². The second-order valence-corrected chi connectivity index (χ2v) is 4.80. The molecule has 0 saturated heterocycles. The maximum absolute atomic E-state index is 10.2. The van der Waals surface area contributed by atoms with Gasteiger partial charge in [-0.2, -0.15) is 0 Å². The Morgan fingerprint density at radius 2 is 1.76 bits per heavy atom. The van der Waals surface area contributed by atoms with Crippen molar-refractivity contribution < 1.29 is 19.7 Å². The molecule has 2 aromatic rings. The van der Waals surface area contributed by atoms with E-state index in [4.69, 9.17) is 9.47 Å². The first-order valence-corrected chi connectivity index (χ1v) is 6.87. The SMILES string of the molecule is COCOc1ccc(C(O)CCc2ccccc2O)cc1. The van der Waals surface area contributed by atoms with Crippen molar-refractivity contribution in [1.82, 2.24) is 0 Å². The van der Waals surface area contributed by atoms with Crippen molar-refractivity contribution in [1.29, 1.82) is 0 Å². The quantitative estimate of drug-likeness (QED) is 0.769. The van der Waals surface area contributed by atoms with E-state index in [2.05, 4.69) is 0 Å². The predicted octanol–water partition coefficient (Wildman–Crippen LogP) is 3.04. The van der Waals surface area contributed by atoms with Crippen LogP contribution < -0.4 is 4.74 Å². The van der Waals surface area contributed by atoms with Gasteiger partial charge < -0.3 is 19.7 Å². The van der Waals surface area contributed by atoms with Crippen LogP contribution >= 0.6 is 0 Å². The smallest absolute Gasteiger partial charge is 0.188 e. The molecule has 0 amide bonds. The lowest BCUT2D eigenvalue weighted by Crippen LogP contribution is -2.01. The second-order valence-electron chi connectivity index (χ2n) is 4.80. The number of hydrogen-bond donors (Lipinski definition) is 2. The number of ether oxygens (including phenoxy) is 2. The zero-order valence-electron chi connectivity index (χ0n) is 12.0. The molecule has 0 saturated carbocycles. The minimum Gasteiger partial charge on any atom is -0.508 e. The van der Waals surface area contributed by atoms with Gasteiger partial charge in [0.15, 0.2) is 6.79 Å². The first-order chi connectivity index (χ1) is 10.2. The van der Waals surface area contributed by atoms with Crippen LogP contribution in [0.2, 0.25) is 0 Å². The summed E-state index contributed by atoms with van der Waals surface area (Å²) in [6, 6.07) is 14.5. The molecule has 0 fully saturated rings. The van der Waals surface area contributed by atoms with Gasteiger partial charge in [0.1, 0.15) is 11.5 Å². The molecule has 4 nitrogen and oxygen atoms in total. The molecule has 1 atom stereocenters. The Kier molecular flexibility index (Phi) is 5.60. The van der Waals surface area contributed by atoms with E-state index >= 15 is 0 Å². The van der Waals surface area contributed by atoms with Crippen LogP contribution in [0.5, 0.6) is 11.5 Å². The molecule has 0 heterocycles. The first-order valence-electron chi connectivity index (χ1n) is 6.87. The molecule has 2 rings (SSSR count). The van der Waals surface area contributed by atoms with Crippen LogP contribution in [-0.2, 0) is 11.2 Å². The maximum atomic E-state index is 10.2. The summed E-state index contributed by atoms with van der Waals surface area (Å²) in [6.45, 7) is 0.204. The van der Waals surface area contributed by atoms with Gasteiger partial charge in [-0.1, -0.05) is 30.3 Å². The standard InChI is InChI=1S/C17H20O4/c1-20-12-21-15-9-6-14(7-10-15)17(19)11-8-13-4-2-3-5-16(13)18/h2-7,9-10,17-19H,8,11-12H2,1H3. The maximum Gasteiger partial charge on any atom is 0.188 e. The number of para-hydroxylation sites is 1. The van der Waals surface area contributed by atoms with E-state index < -0.39 is 6.10 Å². The van der Waals surface area contributed by atoms with Crippen molar-refractivity contribution >= 4 is 0 Å². The monoisotopic (exact) mass is 288 g/mol. The summed E-state index contributed by atoms with van der Waals surface area (Å²) < 4.78 is 10.1. The molecular formula is C17H20O4. The molecule has 0 radical (unpaired) electrons. The highest BCUT2D eigenvalue weighted by Crippen LogP contribution is 2.24. The molecule has 4 heteroatoms. The molecule has 2 aromatic carbocycles. The number of aryl methyl sites for hydroxylation is 1. The molecule has 0 aromatic heterocycles. The van der Waals surface area contributed by atoms with Gasteiger partial charge in [-0.05, 0) is 42.2 Å². The van der Waals surface area contributed by atoms with Crippen molar-refractivity contribution in [2.45, 2.75) is 18.9 Å². The van der Waals surface area contributed by atoms with Gasteiger partial charge in [0, 0.05) is 7.11 Å². The van der Waals surface area contributed by atoms with Crippen molar-refractivity contribution in [3.05, 3.63) is 59.7 Å². The Bertz CT molecular complexity index is 551. The molecule has 1 unspecified atom stereocenters. The largest absolute Gasteiger partial charge is 0.508 e. The zero-order chi connectivity index (χ0) is 15.1. The van der Waals surface area contributed by atoms with Crippen LogP contribution in [0, 0.1) is 0 Å². The fourth-order valence-corrected chi connectivity index (χ4v) is 2.09. The first kappa shape index (κ1) is 15.4. The van der Waals surface area contributed by atoms with Crippen molar-refractivity contribution in [3.63, 3.8) is 0 Å². The van der Waals surface area contributed by atoms with Gasteiger partial charge in [-0.25, -0.2) is 0 Å². The third kappa shape index (κ3) is 4.48. The Morgan fingerprint density at radius 3 is 2.43 bits per heavy atom. The lowest BCUT2D eigenvalue weighted by atomic mass is 10.0. The van der Waals surface area contributed by atoms with E-state index in [-0.39, 0.29) is 12.5 Å². The number of phenolic OH excluding ortho intramolecular Hbond substituents is 1. The second kappa shape index (κ2) is 7.67. The number of benzene rings is 2. The number of aliphatic hydroxyl groups excluding tert-OH is 1. The molecule has 0 aliphatic carbocycles. The van der Waals surface area contributed by atoms with E-state index in [1.807, 2.05) is 24.3 Å². The van der Waals surface area contributed by atoms with E-state index in [0.717, 1.165) is 11.1 Å². The summed E-state index contributed by atoms with van der Waals surface area (Å²) >= 11 is 0. The van der Waals surface area contributed by atoms with Crippen molar-refractivity contribution in [2.75, 3.05) is 13.9 Å². The molecule has 0 aliphatic rings. The highest BCUT2D eigenvalue weighted by molar-refractivity contribution is 5.32. The summed E-state index contributed by atoms with van der Waals surface area (Å²) in [6.07, 6.45) is 0.604. The minimum atomic E-state index is -0.568. The number of hydrogen-bond acceptors (Lipinski definition) is 4. The van der Waals surface area contributed by atoms with Crippen LogP contribution in [0.25, 0.3) is 0 Å². The number of rotatable bonds is 7. The fraction of sp³-hybridized carbons (Fsp3) is 0.294. The number of aliphatic hydroxyl groups is 1. The minimum absolute atomic E-state index is 0.204. The zero-order valence-corrected chi connectivity index (χ0v) is 12.0. The highest BCUT2D eigenvalue weighted by atomic mass is 16.7. The van der Waals surface area contributed by atoms with Gasteiger partial charge in [-0.3, -0.25) is 0 Å². The summed E-state index contributed by atoms with van der Waals surface area (Å²) in [5, 5.41) is 19.9. The van der Waals surface area contributed by atoms with Gasteiger partial charge in [-0.15, -0.1) is 0 Å². The molecule has 0 aliphatic heterocycles. The van der Waals surface area contributed by atoms with Crippen LogP contribution in [0.15, 0.2) is 48.5 Å². The average molecular weight is 288 g/mol. The van der Waals surface area contributed by atoms with E-state index in [9.17, 15) is 10.2 Å². The van der Waals surface area contributed by atoms with E-state index in [1.165, 1.54) is 0 Å². The van der Waals surface area contributed by atoms with Crippen LogP contribution in [0.3, 0.4) is 0 Å². The van der Waals surface area contributed by atoms with Gasteiger partial charge in [0.2, 0.25) is 0 Å². The molecule has 2 N–H and O–H groups in total. The van der Waals surface area contributed by atoms with Gasteiger partial charge >= 0.3 is 0 Å². The lowest BCUT2D eigenvalue weighted by Gasteiger charge is -2.12. The number of aromatic hydroxyl groups is 1. The molecular weight excluding hydrogens is 268 g/mol. The Balaban J connectivity index is 1.91. The molecule has 112 valence electrons. The third-order valence-corrected chi connectivity index (χ3v) is 3.29. The van der Waals surface area contributed by atoms with E-state index in [0.29, 0.717) is 18.6 Å². The number of methoxy groups -OCH3 is 1. The Hall–Kier alpha value is -2.04. The number of phenols is 1. The Morgan fingerprint density at radius 1 is 1.05 bits per heavy atom. The average Bonchev–Trinajstić information content (AvgIpc) is 2.52. The van der Waals surface area contributed by atoms with Crippen LogP contribution in [-0.4, -0.2) is 24.1 Å². The fourth-order valence-electron chi connectivity index (χ4n) is 2.09. The van der Waals surface area contributed by atoms with Gasteiger partial charge in [0.05, 0.1) is 6.10 Å². The summed E-state index contributed by atoms with van der Waals surface area (Å²) in [5.41, 5.74) is 1.67. The van der Waals surface area contributed by atoms with Crippen molar-refractivity contribution in [2.24, 2.45) is 0 Å². The summed E-state index contributed by atoms with van der Waals surface area (Å²) in [7, 11) is 1.57. The third-order valence-electron chi connectivity index (χ3n) is 3.29. The normalized spacial score (nSPS) is 12.1. The van der Waals surface area contributed by atoms with Crippen LogP contribution in [0.1, 0.15) is 23.7 Å². The highest BCUT2D eigenvalue weighted by Gasteiger charge is 2.09. The van der Waals surface area contributed by atoms with Crippen molar-refractivity contribution in [3.8, 4) is 11.5 Å². The lowest BCUT2D eigenvalue weighted by molar-refractivity contribution is 0.0511. The Labute approximate surface area is 124 Å². The van der Waals surface area contributed by atoms with E-state index in [1.54, 1.807) is 31.4 Å². The molecule has 0 bridgehead atoms. The van der Waals surface area contributed by atoms with Crippen LogP contribution in [0.4, 0.5) is 0 Å². The topological polar surface area (TPSA) is 58.9 Å².